The summed E-state index contributed by atoms with van der Waals surface area (Å²) in [6.45, 7) is 0. The monoisotopic (exact) mass is 215 g/mol. The van der Waals surface area contributed by atoms with E-state index in [1.807, 2.05) is 12.1 Å². The van der Waals surface area contributed by atoms with Crippen molar-refractivity contribution >= 4 is 15.9 Å². The highest BCUT2D eigenvalue weighted by Crippen LogP contribution is 2.28. The average Bonchev–Trinajstić information content (AvgIpc) is 2.04. The van der Waals surface area contributed by atoms with E-state index < -0.39 is 0 Å². The Morgan fingerprint density at radius 3 is 2.55 bits per heavy atom. The molecule has 1 aromatic carbocycles. The summed E-state index contributed by atoms with van der Waals surface area (Å²) in [5.41, 5.74) is 0. The molecule has 0 N–H and O–H groups in total. The summed E-state index contributed by atoms with van der Waals surface area (Å²) in [4.78, 5) is 0. The number of ether oxygens (including phenoxy) is 2. The summed E-state index contributed by atoms with van der Waals surface area (Å²) < 4.78 is 10.9. The number of halogens is 1. The van der Waals surface area contributed by atoms with Crippen LogP contribution in [0.15, 0.2) is 16.6 Å². The third-order valence-electron chi connectivity index (χ3n) is 1.26. The Kier molecular flexibility index (Phi) is 2.76. The molecule has 0 aliphatic carbocycles. The lowest BCUT2D eigenvalue weighted by molar-refractivity contribution is 0.354. The van der Waals surface area contributed by atoms with E-state index in [0.29, 0.717) is 11.5 Å². The van der Waals surface area contributed by atoms with E-state index >= 15 is 0 Å². The summed E-state index contributed by atoms with van der Waals surface area (Å²) in [5, 5.41) is 0. The van der Waals surface area contributed by atoms with Gasteiger partial charge in [-0.25, -0.2) is 0 Å². The van der Waals surface area contributed by atoms with Gasteiger partial charge in [0.15, 0.2) is 11.5 Å². The number of methoxy groups -OCH3 is 2. The van der Waals surface area contributed by atoms with Crippen LogP contribution in [0.1, 0.15) is 0 Å². The first-order valence-corrected chi connectivity index (χ1v) is 3.87. The fourth-order valence-corrected chi connectivity index (χ4v) is 1.06. The van der Waals surface area contributed by atoms with E-state index in [1.54, 1.807) is 14.2 Å². The SMILES string of the molecule is COc1[c]c(Br)ccc1OC. The van der Waals surface area contributed by atoms with Crippen LogP contribution < -0.4 is 9.47 Å². The van der Waals surface area contributed by atoms with Crippen LogP contribution in [-0.2, 0) is 0 Å². The van der Waals surface area contributed by atoms with Crippen LogP contribution in [0.4, 0.5) is 0 Å². The first-order chi connectivity index (χ1) is 5.27. The van der Waals surface area contributed by atoms with E-state index in [0.717, 1.165) is 4.47 Å². The van der Waals surface area contributed by atoms with E-state index in [4.69, 9.17) is 9.47 Å². The molecule has 0 bridgehead atoms. The van der Waals surface area contributed by atoms with Crippen molar-refractivity contribution in [1.29, 1.82) is 0 Å². The second-order valence-electron chi connectivity index (χ2n) is 1.91. The van der Waals surface area contributed by atoms with E-state index in [9.17, 15) is 0 Å². The Morgan fingerprint density at radius 1 is 1.27 bits per heavy atom. The van der Waals surface area contributed by atoms with Gasteiger partial charge in [-0.2, -0.15) is 0 Å². The molecule has 0 saturated heterocycles. The average molecular weight is 216 g/mol. The van der Waals surface area contributed by atoms with Gasteiger partial charge in [-0.15, -0.1) is 0 Å². The maximum Gasteiger partial charge on any atom is 0.169 e. The molecule has 0 unspecified atom stereocenters. The lowest BCUT2D eigenvalue weighted by atomic mass is 10.3. The van der Waals surface area contributed by atoms with Gasteiger partial charge in [0.2, 0.25) is 0 Å². The van der Waals surface area contributed by atoms with Gasteiger partial charge in [0.25, 0.3) is 0 Å². The molecule has 0 fully saturated rings. The third-order valence-corrected chi connectivity index (χ3v) is 1.72. The van der Waals surface area contributed by atoms with Crippen molar-refractivity contribution in [1.82, 2.24) is 0 Å². The van der Waals surface area contributed by atoms with Crippen LogP contribution in [0.5, 0.6) is 11.5 Å². The van der Waals surface area contributed by atoms with Crippen LogP contribution in [0.25, 0.3) is 0 Å². The van der Waals surface area contributed by atoms with Gasteiger partial charge in [0, 0.05) is 10.5 Å². The van der Waals surface area contributed by atoms with Crippen LogP contribution >= 0.6 is 15.9 Å². The zero-order valence-electron chi connectivity index (χ0n) is 6.35. The van der Waals surface area contributed by atoms with Crippen LogP contribution in [0.3, 0.4) is 0 Å². The van der Waals surface area contributed by atoms with Crippen molar-refractivity contribution in [2.75, 3.05) is 14.2 Å². The van der Waals surface area contributed by atoms with Gasteiger partial charge in [-0.05, 0) is 12.1 Å². The second-order valence-corrected chi connectivity index (χ2v) is 2.76. The Morgan fingerprint density at radius 2 is 2.00 bits per heavy atom. The summed E-state index contributed by atoms with van der Waals surface area (Å²) in [7, 11) is 3.18. The maximum atomic E-state index is 5.01. The molecule has 0 amide bonds. The molecule has 11 heavy (non-hydrogen) atoms. The fraction of sp³-hybridized carbons (Fsp3) is 0.250. The Labute approximate surface area is 74.3 Å². The second kappa shape index (κ2) is 3.62. The number of rotatable bonds is 2. The molecule has 1 aromatic rings. The minimum Gasteiger partial charge on any atom is -0.493 e. The van der Waals surface area contributed by atoms with E-state index in [1.165, 1.54) is 0 Å². The van der Waals surface area contributed by atoms with Crippen molar-refractivity contribution < 1.29 is 9.47 Å². The van der Waals surface area contributed by atoms with Crippen molar-refractivity contribution in [2.24, 2.45) is 0 Å². The lowest BCUT2D eigenvalue weighted by Gasteiger charge is -2.05. The molecule has 0 spiro atoms. The number of hydrogen-bond donors (Lipinski definition) is 0. The molecule has 0 aromatic heterocycles. The van der Waals surface area contributed by atoms with E-state index in [2.05, 4.69) is 22.0 Å². The number of benzene rings is 1. The quantitative estimate of drug-likeness (QED) is 0.754. The van der Waals surface area contributed by atoms with Gasteiger partial charge in [0.1, 0.15) is 0 Å². The predicted molar refractivity (Wildman–Crippen MR) is 46.1 cm³/mol. The summed E-state index contributed by atoms with van der Waals surface area (Å²) in [6, 6.07) is 6.61. The van der Waals surface area contributed by atoms with Crippen molar-refractivity contribution in [2.45, 2.75) is 0 Å². The van der Waals surface area contributed by atoms with Gasteiger partial charge in [-0.1, -0.05) is 15.9 Å². The Hall–Kier alpha value is -0.700. The maximum absolute atomic E-state index is 5.01. The van der Waals surface area contributed by atoms with Gasteiger partial charge in [-0.3, -0.25) is 0 Å². The molecule has 3 heteroatoms. The van der Waals surface area contributed by atoms with Crippen molar-refractivity contribution in [3.63, 3.8) is 0 Å². The molecule has 2 nitrogen and oxygen atoms in total. The molecular weight excluding hydrogens is 208 g/mol. The fourth-order valence-electron chi connectivity index (χ4n) is 0.749. The summed E-state index contributed by atoms with van der Waals surface area (Å²) in [5.74, 6) is 1.30. The molecule has 59 valence electrons. The molecular formula is C8H8BrO2. The highest BCUT2D eigenvalue weighted by atomic mass is 79.9. The number of hydrogen-bond acceptors (Lipinski definition) is 2. The normalized spacial score (nSPS) is 9.36. The molecule has 0 aliphatic heterocycles. The largest absolute Gasteiger partial charge is 0.493 e. The molecule has 0 saturated carbocycles. The molecule has 1 rings (SSSR count). The first kappa shape index (κ1) is 8.40. The zero-order valence-corrected chi connectivity index (χ0v) is 7.94. The van der Waals surface area contributed by atoms with Crippen molar-refractivity contribution in [3.8, 4) is 11.5 Å². The summed E-state index contributed by atoms with van der Waals surface area (Å²) >= 11 is 3.28. The Bertz CT molecular complexity index is 248. The molecule has 0 atom stereocenters. The predicted octanol–water partition coefficient (Wildman–Crippen LogP) is 2.27. The minimum atomic E-state index is 0.613. The zero-order chi connectivity index (χ0) is 8.27. The van der Waals surface area contributed by atoms with E-state index in [-0.39, 0.29) is 0 Å². The Balaban J connectivity index is 3.06. The topological polar surface area (TPSA) is 18.5 Å². The standard InChI is InChI=1S/C8H8BrO2/c1-10-7-4-3-6(9)5-8(7)11-2/h3-4H,1-2H3. The van der Waals surface area contributed by atoms with Crippen LogP contribution in [-0.4, -0.2) is 14.2 Å². The van der Waals surface area contributed by atoms with Gasteiger partial charge < -0.3 is 9.47 Å². The minimum absolute atomic E-state index is 0.613. The smallest absolute Gasteiger partial charge is 0.169 e. The third kappa shape index (κ3) is 1.87. The van der Waals surface area contributed by atoms with Gasteiger partial charge >= 0.3 is 0 Å². The molecule has 0 aliphatic rings. The van der Waals surface area contributed by atoms with Crippen molar-refractivity contribution in [3.05, 3.63) is 22.7 Å². The lowest BCUT2D eigenvalue weighted by Crippen LogP contribution is -1.89. The van der Waals surface area contributed by atoms with Gasteiger partial charge in [0.05, 0.1) is 14.2 Å². The summed E-state index contributed by atoms with van der Waals surface area (Å²) in [6.07, 6.45) is 0. The highest BCUT2D eigenvalue weighted by Gasteiger charge is 2.02. The first-order valence-electron chi connectivity index (χ1n) is 3.07. The van der Waals surface area contributed by atoms with Crippen LogP contribution in [0.2, 0.25) is 0 Å². The van der Waals surface area contributed by atoms with Crippen LogP contribution in [0, 0.1) is 6.07 Å². The highest BCUT2D eigenvalue weighted by molar-refractivity contribution is 9.10. The molecule has 1 radical (unpaired) electrons. The molecule has 0 heterocycles.